The van der Waals surface area contributed by atoms with Crippen LogP contribution in [0.3, 0.4) is 0 Å². The first-order chi connectivity index (χ1) is 19.5. The molecule has 2 unspecified atom stereocenters. The van der Waals surface area contributed by atoms with Crippen molar-refractivity contribution in [3.05, 3.63) is 44.9 Å². The van der Waals surface area contributed by atoms with Crippen molar-refractivity contribution in [2.45, 2.75) is 62.1 Å². The molecular weight excluding hydrogens is 620 g/mol. The number of phosphoric ester groups is 2. The molecule has 2 fully saturated rings. The van der Waals surface area contributed by atoms with Gasteiger partial charge in [0.25, 0.3) is 5.56 Å². The summed E-state index contributed by atoms with van der Waals surface area (Å²) in [4.78, 5) is 56.4. The third-order valence-corrected chi connectivity index (χ3v) is 8.54. The smallest absolute Gasteiger partial charge is 0.479 e. The van der Waals surface area contributed by atoms with Crippen molar-refractivity contribution < 1.29 is 76.8 Å². The summed E-state index contributed by atoms with van der Waals surface area (Å²) >= 11 is 0. The molecule has 0 radical (unpaired) electrons. The number of aliphatic hydroxyl groups excluding tert-OH is 4. The number of H-pyrrole nitrogens is 1. The topological polar surface area (TPSA) is 329 Å². The number of aromatic nitrogens is 2. The van der Waals surface area contributed by atoms with Crippen LogP contribution < -0.4 is 17.0 Å². The molecule has 2 aliphatic heterocycles. The molecule has 238 valence electrons. The van der Waals surface area contributed by atoms with Gasteiger partial charge in [0, 0.05) is 12.3 Å². The number of phosphoric acid groups is 2. The molecule has 0 bridgehead atoms. The van der Waals surface area contributed by atoms with E-state index in [2.05, 4.69) is 8.83 Å². The van der Waals surface area contributed by atoms with Crippen LogP contribution in [0.25, 0.3) is 0 Å². The van der Waals surface area contributed by atoms with Gasteiger partial charge < -0.3 is 55.3 Å². The number of nitrogens with two attached hydrogens (primary N) is 1. The number of nitrogens with one attached hydrogen (secondary N) is 1. The standard InChI is InChI=1S/C19H29N3O18P2/c1-2-7(17(28)29)36-15-11(20)18(38-8(5-23)13(15)26)39-42(33,34)40-41(31,32)35-6-9-12(25)14(27)16(37-9)22-4-3-10(24)21-19(22)30/h2-4,8-9,11-16,18,23,25-27H,5-6,20H2,1H3,(H,28,29)(H,31,32)(H,33,34)(H,21,24,30)/b7-2-/t8-,9-,11-,12-,13-,14-,15-,16-,18-/m1/s1. The van der Waals surface area contributed by atoms with E-state index in [-0.39, 0.29) is 0 Å². The Morgan fingerprint density at radius 1 is 1.12 bits per heavy atom. The monoisotopic (exact) mass is 649 g/mol. The molecule has 1 aromatic rings. The second-order valence-electron chi connectivity index (χ2n) is 8.82. The highest BCUT2D eigenvalue weighted by Crippen LogP contribution is 2.61. The first-order valence-corrected chi connectivity index (χ1v) is 14.8. The van der Waals surface area contributed by atoms with E-state index in [1.165, 1.54) is 6.92 Å². The maximum absolute atomic E-state index is 12.5. The average molecular weight is 649 g/mol. The predicted octanol–water partition coefficient (Wildman–Crippen LogP) is -3.81. The number of hydrogen-bond acceptors (Lipinski definition) is 16. The fourth-order valence-corrected chi connectivity index (χ4v) is 6.09. The molecule has 3 heterocycles. The van der Waals surface area contributed by atoms with Crippen LogP contribution in [0.15, 0.2) is 33.7 Å². The Morgan fingerprint density at radius 3 is 2.36 bits per heavy atom. The minimum atomic E-state index is -5.65. The SMILES string of the molecule is C/C=C(\O[C@@H]1[C@@H](N)[C@@H](OP(=O)(O)OP(=O)(O)OC[C@H]2O[C@@H](n3ccc(=O)[nH]c3=O)[C@H](O)[C@@H]2O)O[C@H](CO)[C@H]1O)C(=O)O. The van der Waals surface area contributed by atoms with Crippen molar-refractivity contribution in [1.82, 2.24) is 9.55 Å². The van der Waals surface area contributed by atoms with Gasteiger partial charge in [0.15, 0.2) is 12.5 Å². The summed E-state index contributed by atoms with van der Waals surface area (Å²) in [6.07, 6.45) is -11.9. The summed E-state index contributed by atoms with van der Waals surface area (Å²) in [6.45, 7) is -0.686. The minimum absolute atomic E-state index is 0.683. The lowest BCUT2D eigenvalue weighted by Gasteiger charge is -2.42. The third kappa shape index (κ3) is 7.98. The maximum atomic E-state index is 12.5. The van der Waals surface area contributed by atoms with Crippen LogP contribution in [0.1, 0.15) is 13.2 Å². The van der Waals surface area contributed by atoms with Crippen LogP contribution in [0, 0.1) is 0 Å². The zero-order valence-corrected chi connectivity index (χ0v) is 23.2. The molecule has 3 rings (SSSR count). The Labute approximate surface area is 234 Å². The van der Waals surface area contributed by atoms with E-state index in [9.17, 15) is 53.7 Å². The summed E-state index contributed by atoms with van der Waals surface area (Å²) in [5.74, 6) is -2.24. The molecule has 0 aromatic carbocycles. The van der Waals surface area contributed by atoms with Gasteiger partial charge in [0.05, 0.1) is 19.3 Å². The van der Waals surface area contributed by atoms with Gasteiger partial charge in [-0.15, -0.1) is 0 Å². The molecule has 0 amide bonds. The van der Waals surface area contributed by atoms with E-state index in [0.717, 1.165) is 22.9 Å². The Morgan fingerprint density at radius 2 is 1.79 bits per heavy atom. The van der Waals surface area contributed by atoms with E-state index in [4.69, 9.17) is 29.6 Å². The van der Waals surface area contributed by atoms with Gasteiger partial charge in [-0.05, 0) is 13.0 Å². The molecule has 23 heteroatoms. The summed E-state index contributed by atoms with van der Waals surface area (Å²) in [5, 5.41) is 49.4. The van der Waals surface area contributed by atoms with E-state index in [1.54, 1.807) is 0 Å². The van der Waals surface area contributed by atoms with Crippen LogP contribution in [0.2, 0.25) is 0 Å². The first-order valence-electron chi connectivity index (χ1n) is 11.8. The number of aliphatic carboxylic acids is 1. The lowest BCUT2D eigenvalue weighted by atomic mass is 9.97. The van der Waals surface area contributed by atoms with Gasteiger partial charge in [0.1, 0.15) is 36.6 Å². The van der Waals surface area contributed by atoms with Gasteiger partial charge in [-0.1, -0.05) is 0 Å². The Kier molecular flexibility index (Phi) is 11.0. The van der Waals surface area contributed by atoms with Crippen molar-refractivity contribution >= 4 is 21.6 Å². The number of carboxylic acids is 1. The minimum Gasteiger partial charge on any atom is -0.479 e. The molecule has 42 heavy (non-hydrogen) atoms. The third-order valence-electron chi connectivity index (χ3n) is 5.94. The highest BCUT2D eigenvalue weighted by molar-refractivity contribution is 7.61. The largest absolute Gasteiger partial charge is 0.483 e. The zero-order chi connectivity index (χ0) is 31.6. The molecular formula is C19H29N3O18P2. The second kappa shape index (κ2) is 13.5. The van der Waals surface area contributed by atoms with Crippen molar-refractivity contribution in [2.75, 3.05) is 13.2 Å². The molecule has 0 spiro atoms. The van der Waals surface area contributed by atoms with Crippen molar-refractivity contribution in [1.29, 1.82) is 0 Å². The number of allylic oxidation sites excluding steroid dienone is 1. The van der Waals surface area contributed by atoms with Crippen molar-refractivity contribution in [3.63, 3.8) is 0 Å². The van der Waals surface area contributed by atoms with Crippen molar-refractivity contribution in [3.8, 4) is 0 Å². The Bertz CT molecular complexity index is 1370. The summed E-state index contributed by atoms with van der Waals surface area (Å²) in [5.41, 5.74) is 4.09. The van der Waals surface area contributed by atoms with Gasteiger partial charge in [-0.25, -0.2) is 18.7 Å². The lowest BCUT2D eigenvalue weighted by molar-refractivity contribution is -0.246. The maximum Gasteiger partial charge on any atom is 0.483 e. The molecule has 10 N–H and O–H groups in total. The van der Waals surface area contributed by atoms with Gasteiger partial charge in [-0.2, -0.15) is 4.31 Å². The molecule has 0 saturated carbocycles. The van der Waals surface area contributed by atoms with Crippen LogP contribution in [-0.4, -0.2) is 113 Å². The number of nitrogens with zero attached hydrogens (tertiary/aromatic N) is 1. The quantitative estimate of drug-likeness (QED) is 0.0595. The predicted molar refractivity (Wildman–Crippen MR) is 131 cm³/mol. The van der Waals surface area contributed by atoms with Crippen LogP contribution in [-0.2, 0) is 41.5 Å². The highest BCUT2D eigenvalue weighted by atomic mass is 31.3. The number of hydrogen-bond donors (Lipinski definition) is 9. The van der Waals surface area contributed by atoms with E-state index in [0.29, 0.717) is 0 Å². The van der Waals surface area contributed by atoms with Gasteiger partial charge in [-0.3, -0.25) is 23.4 Å². The molecule has 0 aliphatic carbocycles. The van der Waals surface area contributed by atoms with Crippen LogP contribution in [0.5, 0.6) is 0 Å². The van der Waals surface area contributed by atoms with Crippen LogP contribution >= 0.6 is 15.6 Å². The Hall–Kier alpha value is -2.33. The van der Waals surface area contributed by atoms with E-state index < -0.39 is 107 Å². The average Bonchev–Trinajstić information content (AvgIpc) is 3.17. The normalized spacial score (nSPS) is 34.9. The molecule has 2 saturated heterocycles. The number of carboxylic acid groups (broad SMARTS) is 1. The van der Waals surface area contributed by atoms with Gasteiger partial charge >= 0.3 is 27.3 Å². The zero-order valence-electron chi connectivity index (χ0n) is 21.4. The molecule has 1 aromatic heterocycles. The molecule has 21 nitrogen and oxygen atoms in total. The summed E-state index contributed by atoms with van der Waals surface area (Å²) in [7, 11) is -11.2. The summed E-state index contributed by atoms with van der Waals surface area (Å²) in [6, 6.07) is -0.801. The fourth-order valence-electron chi connectivity index (χ4n) is 3.92. The first kappa shape index (κ1) is 34.2. The van der Waals surface area contributed by atoms with Crippen LogP contribution in [0.4, 0.5) is 0 Å². The number of carbonyl (C=O) groups is 1. The van der Waals surface area contributed by atoms with E-state index in [1.807, 2.05) is 4.98 Å². The molecule has 2 aliphatic rings. The second-order valence-corrected chi connectivity index (χ2v) is 11.8. The fraction of sp³-hybridized carbons (Fsp3) is 0.632. The number of ether oxygens (including phenoxy) is 3. The lowest BCUT2D eigenvalue weighted by Crippen LogP contribution is -2.63. The van der Waals surface area contributed by atoms with Gasteiger partial charge in [0.2, 0.25) is 5.76 Å². The number of aromatic amines is 1. The summed E-state index contributed by atoms with van der Waals surface area (Å²) < 4.78 is 54.6. The highest BCUT2D eigenvalue weighted by Gasteiger charge is 2.50. The van der Waals surface area contributed by atoms with Crippen molar-refractivity contribution in [2.24, 2.45) is 5.73 Å². The Balaban J connectivity index is 1.66. The number of rotatable bonds is 12. The molecule has 11 atom stereocenters. The number of aliphatic hydroxyl groups is 4. The van der Waals surface area contributed by atoms with E-state index >= 15 is 0 Å².